The molecule has 0 N–H and O–H groups in total. The van der Waals surface area contributed by atoms with E-state index in [0.717, 1.165) is 5.57 Å². The Balaban J connectivity index is 2.59. The van der Waals surface area contributed by atoms with E-state index in [1.165, 1.54) is 6.08 Å². The maximum atomic E-state index is 13.4. The second-order valence-electron chi connectivity index (χ2n) is 3.80. The van der Waals surface area contributed by atoms with Gasteiger partial charge in [0, 0.05) is 11.5 Å². The van der Waals surface area contributed by atoms with Gasteiger partial charge in [0.05, 0.1) is 0 Å². The number of hydrogen-bond acceptors (Lipinski definition) is 1. The van der Waals surface area contributed by atoms with E-state index in [1.807, 2.05) is 0 Å². The summed E-state index contributed by atoms with van der Waals surface area (Å²) in [5.74, 6) is -7.15. The van der Waals surface area contributed by atoms with E-state index in [-0.39, 0.29) is 0 Å². The maximum absolute atomic E-state index is 13.4. The molecule has 0 saturated carbocycles. The minimum absolute atomic E-state index is 0.607. The van der Waals surface area contributed by atoms with Crippen molar-refractivity contribution in [1.82, 2.24) is 4.98 Å². The first kappa shape index (κ1) is 11.8. The highest BCUT2D eigenvalue weighted by molar-refractivity contribution is 5.32. The van der Waals surface area contributed by atoms with Crippen molar-refractivity contribution in [2.45, 2.75) is 19.3 Å². The SMILES string of the molecule is CC1=CC(c2c(F)c(F)nc(F)c2F)[C]=CC1. The van der Waals surface area contributed by atoms with Crippen molar-refractivity contribution >= 4 is 0 Å². The molecule has 0 aromatic carbocycles. The van der Waals surface area contributed by atoms with E-state index in [1.54, 1.807) is 13.0 Å². The van der Waals surface area contributed by atoms with Crippen molar-refractivity contribution in [3.05, 3.63) is 52.9 Å². The van der Waals surface area contributed by atoms with Gasteiger partial charge in [0.2, 0.25) is 0 Å². The van der Waals surface area contributed by atoms with Gasteiger partial charge in [-0.3, -0.25) is 0 Å². The molecular formula is C12H8F4N. The Morgan fingerprint density at radius 1 is 1.18 bits per heavy atom. The van der Waals surface area contributed by atoms with Crippen LogP contribution in [0.25, 0.3) is 0 Å². The first-order chi connectivity index (χ1) is 8.00. The zero-order chi connectivity index (χ0) is 12.6. The normalized spacial score (nSPS) is 19.4. The van der Waals surface area contributed by atoms with E-state index in [2.05, 4.69) is 11.1 Å². The number of hydrogen-bond donors (Lipinski definition) is 0. The standard InChI is InChI=1S/C12H8F4N/c1-6-3-2-4-7(5-6)8-9(13)11(15)17-12(16)10(8)14/h2,5,7H,3H2,1H3. The van der Waals surface area contributed by atoms with Gasteiger partial charge in [-0.1, -0.05) is 17.7 Å². The average molecular weight is 242 g/mol. The van der Waals surface area contributed by atoms with Gasteiger partial charge in [-0.05, 0) is 19.4 Å². The zero-order valence-electron chi connectivity index (χ0n) is 8.90. The van der Waals surface area contributed by atoms with Crippen LogP contribution >= 0.6 is 0 Å². The highest BCUT2D eigenvalue weighted by Gasteiger charge is 2.25. The quantitative estimate of drug-likeness (QED) is 0.417. The molecule has 5 heteroatoms. The minimum atomic E-state index is -1.64. The van der Waals surface area contributed by atoms with Gasteiger partial charge in [-0.15, -0.1) is 0 Å². The van der Waals surface area contributed by atoms with Crippen LogP contribution in [0.3, 0.4) is 0 Å². The summed E-state index contributed by atoms with van der Waals surface area (Å²) in [5, 5.41) is 0. The maximum Gasteiger partial charge on any atom is 0.252 e. The first-order valence-corrected chi connectivity index (χ1v) is 4.95. The van der Waals surface area contributed by atoms with Crippen LogP contribution < -0.4 is 0 Å². The molecule has 1 aromatic heterocycles. The number of pyridine rings is 1. The molecule has 0 fully saturated rings. The van der Waals surface area contributed by atoms with Gasteiger partial charge < -0.3 is 0 Å². The van der Waals surface area contributed by atoms with Gasteiger partial charge in [0.25, 0.3) is 11.9 Å². The third-order valence-electron chi connectivity index (χ3n) is 2.52. The number of halogens is 4. The summed E-state index contributed by atoms with van der Waals surface area (Å²) in [7, 11) is 0. The predicted molar refractivity (Wildman–Crippen MR) is 53.0 cm³/mol. The smallest absolute Gasteiger partial charge is 0.201 e. The predicted octanol–water partition coefficient (Wildman–Crippen LogP) is 3.43. The largest absolute Gasteiger partial charge is 0.252 e. The summed E-state index contributed by atoms with van der Waals surface area (Å²) < 4.78 is 52.7. The Morgan fingerprint density at radius 3 is 2.29 bits per heavy atom. The van der Waals surface area contributed by atoms with E-state index in [4.69, 9.17) is 0 Å². The molecule has 1 heterocycles. The number of aromatic nitrogens is 1. The summed E-state index contributed by atoms with van der Waals surface area (Å²) in [6.07, 6.45) is 6.36. The molecule has 1 atom stereocenters. The molecule has 0 spiro atoms. The Morgan fingerprint density at radius 2 is 1.76 bits per heavy atom. The lowest BCUT2D eigenvalue weighted by atomic mass is 9.91. The number of allylic oxidation sites excluding steroid dienone is 4. The third kappa shape index (κ3) is 2.09. The Hall–Kier alpha value is -1.65. The van der Waals surface area contributed by atoms with E-state index in [0.29, 0.717) is 6.42 Å². The van der Waals surface area contributed by atoms with Crippen LogP contribution in [-0.4, -0.2) is 4.98 Å². The molecular weight excluding hydrogens is 234 g/mol. The highest BCUT2D eigenvalue weighted by Crippen LogP contribution is 2.30. The summed E-state index contributed by atoms with van der Waals surface area (Å²) >= 11 is 0. The van der Waals surface area contributed by atoms with Crippen LogP contribution in [0.5, 0.6) is 0 Å². The zero-order valence-corrected chi connectivity index (χ0v) is 8.90. The fraction of sp³-hybridized carbons (Fsp3) is 0.250. The molecule has 17 heavy (non-hydrogen) atoms. The minimum Gasteiger partial charge on any atom is -0.201 e. The average Bonchev–Trinajstić information content (AvgIpc) is 2.27. The second kappa shape index (κ2) is 4.31. The third-order valence-corrected chi connectivity index (χ3v) is 2.52. The van der Waals surface area contributed by atoms with Crippen LogP contribution in [0.1, 0.15) is 24.8 Å². The van der Waals surface area contributed by atoms with E-state index < -0.39 is 35.0 Å². The monoisotopic (exact) mass is 242 g/mol. The van der Waals surface area contributed by atoms with Crippen molar-refractivity contribution < 1.29 is 17.6 Å². The molecule has 0 bridgehead atoms. The van der Waals surface area contributed by atoms with Crippen molar-refractivity contribution in [3.8, 4) is 0 Å². The summed E-state index contributed by atoms with van der Waals surface area (Å²) in [6, 6.07) is 0. The fourth-order valence-corrected chi connectivity index (χ4v) is 1.69. The molecule has 1 aromatic rings. The Labute approximate surface area is 95.5 Å². The van der Waals surface area contributed by atoms with Crippen LogP contribution in [0.15, 0.2) is 17.7 Å². The molecule has 1 aliphatic carbocycles. The lowest BCUT2D eigenvalue weighted by Gasteiger charge is -2.15. The van der Waals surface area contributed by atoms with Crippen LogP contribution in [0.2, 0.25) is 0 Å². The highest BCUT2D eigenvalue weighted by atomic mass is 19.2. The molecule has 1 nitrogen and oxygen atoms in total. The van der Waals surface area contributed by atoms with Gasteiger partial charge >= 0.3 is 0 Å². The summed E-state index contributed by atoms with van der Waals surface area (Å²) in [4.78, 5) is 2.51. The fourth-order valence-electron chi connectivity index (χ4n) is 1.69. The summed E-state index contributed by atoms with van der Waals surface area (Å²) in [5.41, 5.74) is 0.162. The topological polar surface area (TPSA) is 12.9 Å². The second-order valence-corrected chi connectivity index (χ2v) is 3.80. The van der Waals surface area contributed by atoms with E-state index >= 15 is 0 Å². The van der Waals surface area contributed by atoms with Gasteiger partial charge in [0.1, 0.15) is 0 Å². The van der Waals surface area contributed by atoms with Crippen molar-refractivity contribution in [1.29, 1.82) is 0 Å². The van der Waals surface area contributed by atoms with Gasteiger partial charge in [-0.25, -0.2) is 8.78 Å². The molecule has 1 unspecified atom stereocenters. The van der Waals surface area contributed by atoms with E-state index in [9.17, 15) is 17.6 Å². The van der Waals surface area contributed by atoms with Gasteiger partial charge in [-0.2, -0.15) is 13.8 Å². The van der Waals surface area contributed by atoms with Crippen molar-refractivity contribution in [2.75, 3.05) is 0 Å². The van der Waals surface area contributed by atoms with Crippen LogP contribution in [0.4, 0.5) is 17.6 Å². The van der Waals surface area contributed by atoms with Crippen LogP contribution in [0, 0.1) is 29.6 Å². The summed E-state index contributed by atoms with van der Waals surface area (Å²) in [6.45, 7) is 1.76. The number of nitrogens with zero attached hydrogens (tertiary/aromatic N) is 1. The van der Waals surface area contributed by atoms with Gasteiger partial charge in [0.15, 0.2) is 11.6 Å². The first-order valence-electron chi connectivity index (χ1n) is 4.95. The lowest BCUT2D eigenvalue weighted by Crippen LogP contribution is -2.10. The van der Waals surface area contributed by atoms with Crippen LogP contribution in [-0.2, 0) is 0 Å². The molecule has 0 aliphatic heterocycles. The number of rotatable bonds is 1. The Bertz CT molecular complexity index is 493. The van der Waals surface area contributed by atoms with Crippen molar-refractivity contribution in [3.63, 3.8) is 0 Å². The molecule has 1 radical (unpaired) electrons. The molecule has 1 aliphatic rings. The Kier molecular flexibility index (Phi) is 3.00. The van der Waals surface area contributed by atoms with Crippen molar-refractivity contribution in [2.24, 2.45) is 0 Å². The molecule has 89 valence electrons. The molecule has 0 saturated heterocycles. The molecule has 2 rings (SSSR count). The molecule has 0 amide bonds. The lowest BCUT2D eigenvalue weighted by molar-refractivity contribution is 0.394.